The lowest BCUT2D eigenvalue weighted by Crippen LogP contribution is -2.30. The van der Waals surface area contributed by atoms with E-state index < -0.39 is 5.91 Å². The Hall–Kier alpha value is -0.590. The summed E-state index contributed by atoms with van der Waals surface area (Å²) in [6.07, 6.45) is 0. The molecule has 0 saturated carbocycles. The lowest BCUT2D eigenvalue weighted by atomic mass is 10.4. The van der Waals surface area contributed by atoms with Crippen LogP contribution in [0.3, 0.4) is 0 Å². The van der Waals surface area contributed by atoms with E-state index in [0.717, 1.165) is 0 Å². The van der Waals surface area contributed by atoms with Crippen LogP contribution in [0.2, 0.25) is 0 Å². The minimum Gasteiger partial charge on any atom is -0.487 e. The molecular weight excluding hydrogens is 261 g/mol. The topological polar surface area (TPSA) is 55.4 Å². The van der Waals surface area contributed by atoms with Crippen LogP contribution in [0, 0.1) is 0 Å². The summed E-state index contributed by atoms with van der Waals surface area (Å²) in [5.74, 6) is -0.291. The zero-order valence-electron chi connectivity index (χ0n) is 5.81. The number of ether oxygens (including phenoxy) is 1. The first kappa shape index (κ1) is 8.51. The summed E-state index contributed by atoms with van der Waals surface area (Å²) in [5, 5.41) is 2.15. The van der Waals surface area contributed by atoms with Crippen molar-refractivity contribution < 1.29 is 14.3 Å². The molecule has 0 aliphatic carbocycles. The third kappa shape index (κ3) is 1.92. The molecule has 0 aromatic heterocycles. The van der Waals surface area contributed by atoms with E-state index in [0.29, 0.717) is 9.34 Å². The Morgan fingerprint density at radius 1 is 1.55 bits per heavy atom. The summed E-state index contributed by atoms with van der Waals surface area (Å²) >= 11 is 1.83. The SMILES string of the molecule is CC1=C(I)C(=O)NC(=O)CO1. The van der Waals surface area contributed by atoms with Crippen molar-refractivity contribution in [3.63, 3.8) is 0 Å². The van der Waals surface area contributed by atoms with E-state index >= 15 is 0 Å². The van der Waals surface area contributed by atoms with E-state index in [4.69, 9.17) is 4.74 Å². The van der Waals surface area contributed by atoms with Crippen molar-refractivity contribution in [3.8, 4) is 0 Å². The maximum absolute atomic E-state index is 11.0. The van der Waals surface area contributed by atoms with Gasteiger partial charge in [0.15, 0.2) is 6.61 Å². The van der Waals surface area contributed by atoms with Gasteiger partial charge in [0.2, 0.25) is 0 Å². The molecule has 0 radical (unpaired) electrons. The molecule has 0 aromatic carbocycles. The van der Waals surface area contributed by atoms with Gasteiger partial charge >= 0.3 is 0 Å². The predicted octanol–water partition coefficient (Wildman–Crippen LogP) is 0.326. The molecule has 1 N–H and O–H groups in total. The molecule has 60 valence electrons. The number of carbonyl (C=O) groups excluding carboxylic acids is 2. The van der Waals surface area contributed by atoms with Crippen molar-refractivity contribution in [3.05, 3.63) is 9.34 Å². The molecule has 11 heavy (non-hydrogen) atoms. The first-order chi connectivity index (χ1) is 5.11. The molecule has 0 bridgehead atoms. The van der Waals surface area contributed by atoms with Crippen LogP contribution >= 0.6 is 22.6 Å². The Bertz CT molecular complexity index is 246. The fraction of sp³-hybridized carbons (Fsp3) is 0.333. The van der Waals surface area contributed by atoms with Gasteiger partial charge in [0.25, 0.3) is 11.8 Å². The molecule has 4 nitrogen and oxygen atoms in total. The lowest BCUT2D eigenvalue weighted by Gasteiger charge is -1.98. The van der Waals surface area contributed by atoms with Crippen LogP contribution < -0.4 is 5.32 Å². The Morgan fingerprint density at radius 3 is 2.82 bits per heavy atom. The molecule has 0 fully saturated rings. The number of halogens is 1. The van der Waals surface area contributed by atoms with E-state index in [1.54, 1.807) is 6.92 Å². The zero-order chi connectivity index (χ0) is 8.43. The number of hydrogen-bond acceptors (Lipinski definition) is 3. The summed E-state index contributed by atoms with van der Waals surface area (Å²) in [5.41, 5.74) is 0. The van der Waals surface area contributed by atoms with Gasteiger partial charge in [-0.05, 0) is 29.5 Å². The quantitative estimate of drug-likeness (QED) is 0.508. The third-order valence-electron chi connectivity index (χ3n) is 1.18. The minimum absolute atomic E-state index is 0.0793. The average Bonchev–Trinajstić information content (AvgIpc) is 2.05. The van der Waals surface area contributed by atoms with E-state index in [1.165, 1.54) is 0 Å². The minimum atomic E-state index is -0.402. The normalized spacial score (nSPS) is 19.1. The van der Waals surface area contributed by atoms with E-state index in [1.807, 2.05) is 22.6 Å². The van der Waals surface area contributed by atoms with Gasteiger partial charge in [-0.1, -0.05) is 0 Å². The second kappa shape index (κ2) is 3.21. The molecule has 0 saturated heterocycles. The number of hydrogen-bond donors (Lipinski definition) is 1. The molecule has 0 spiro atoms. The number of nitrogens with one attached hydrogen (secondary N) is 1. The molecule has 0 aromatic rings. The Morgan fingerprint density at radius 2 is 2.18 bits per heavy atom. The van der Waals surface area contributed by atoms with Crippen molar-refractivity contribution >= 4 is 34.4 Å². The summed E-state index contributed by atoms with van der Waals surface area (Å²) in [6.45, 7) is 1.57. The summed E-state index contributed by atoms with van der Waals surface area (Å²) < 4.78 is 5.36. The smallest absolute Gasteiger partial charge is 0.267 e. The monoisotopic (exact) mass is 267 g/mol. The van der Waals surface area contributed by atoms with Gasteiger partial charge in [-0.25, -0.2) is 0 Å². The van der Waals surface area contributed by atoms with Crippen LogP contribution in [0.4, 0.5) is 0 Å². The molecule has 1 heterocycles. The highest BCUT2D eigenvalue weighted by molar-refractivity contribution is 14.1. The molecule has 0 atom stereocenters. The van der Waals surface area contributed by atoms with Gasteiger partial charge < -0.3 is 4.74 Å². The molecular formula is C6H6INO3. The second-order valence-corrected chi connectivity index (χ2v) is 3.11. The first-order valence-corrected chi connectivity index (χ1v) is 4.02. The number of rotatable bonds is 0. The highest BCUT2D eigenvalue weighted by atomic mass is 127. The van der Waals surface area contributed by atoms with Crippen molar-refractivity contribution in [1.82, 2.24) is 5.32 Å². The van der Waals surface area contributed by atoms with Gasteiger partial charge in [-0.15, -0.1) is 0 Å². The van der Waals surface area contributed by atoms with Crippen molar-refractivity contribution in [1.29, 1.82) is 0 Å². The molecule has 2 amide bonds. The largest absolute Gasteiger partial charge is 0.487 e. The highest BCUT2D eigenvalue weighted by Gasteiger charge is 2.18. The highest BCUT2D eigenvalue weighted by Crippen LogP contribution is 2.15. The zero-order valence-corrected chi connectivity index (χ0v) is 7.97. The van der Waals surface area contributed by atoms with Crippen molar-refractivity contribution in [2.24, 2.45) is 0 Å². The lowest BCUT2D eigenvalue weighted by molar-refractivity contribution is -0.129. The Balaban J connectivity index is 2.88. The van der Waals surface area contributed by atoms with E-state index in [2.05, 4.69) is 5.32 Å². The van der Waals surface area contributed by atoms with Gasteiger partial charge in [0.1, 0.15) is 9.34 Å². The van der Waals surface area contributed by atoms with Crippen LogP contribution in [0.15, 0.2) is 9.34 Å². The van der Waals surface area contributed by atoms with Crippen LogP contribution in [0.25, 0.3) is 0 Å². The molecule has 1 aliphatic rings. The van der Waals surface area contributed by atoms with Crippen molar-refractivity contribution in [2.75, 3.05) is 6.61 Å². The standard InChI is InChI=1S/C6H6INO3/c1-3-5(7)6(10)8-4(9)2-11-3/h2H2,1H3,(H,8,9,10). The van der Waals surface area contributed by atoms with Gasteiger partial charge in [-0.2, -0.15) is 0 Å². The fourth-order valence-electron chi connectivity index (χ4n) is 0.615. The van der Waals surface area contributed by atoms with Crippen LogP contribution in [-0.4, -0.2) is 18.4 Å². The maximum Gasteiger partial charge on any atom is 0.267 e. The molecule has 1 aliphatic heterocycles. The number of allylic oxidation sites excluding steroid dienone is 1. The number of carbonyl (C=O) groups is 2. The van der Waals surface area contributed by atoms with Crippen LogP contribution in [0.1, 0.15) is 6.92 Å². The third-order valence-corrected chi connectivity index (χ3v) is 2.43. The fourth-order valence-corrected chi connectivity index (χ4v) is 0.905. The Kier molecular flexibility index (Phi) is 2.48. The predicted molar refractivity (Wildman–Crippen MR) is 45.8 cm³/mol. The number of imide groups is 1. The first-order valence-electron chi connectivity index (χ1n) is 2.94. The van der Waals surface area contributed by atoms with Crippen molar-refractivity contribution in [2.45, 2.75) is 6.92 Å². The average molecular weight is 267 g/mol. The van der Waals surface area contributed by atoms with E-state index in [-0.39, 0.29) is 12.5 Å². The summed E-state index contributed by atoms with van der Waals surface area (Å²) in [4.78, 5) is 21.7. The van der Waals surface area contributed by atoms with Gasteiger partial charge in [-0.3, -0.25) is 14.9 Å². The second-order valence-electron chi connectivity index (χ2n) is 2.04. The van der Waals surface area contributed by atoms with Gasteiger partial charge in [0.05, 0.1) is 0 Å². The molecule has 0 unspecified atom stereocenters. The maximum atomic E-state index is 11.0. The van der Waals surface area contributed by atoms with E-state index in [9.17, 15) is 9.59 Å². The van der Waals surface area contributed by atoms with Gasteiger partial charge in [0, 0.05) is 0 Å². The Labute approximate surface area is 77.1 Å². The summed E-state index contributed by atoms with van der Waals surface area (Å²) in [7, 11) is 0. The molecule has 5 heteroatoms. The van der Waals surface area contributed by atoms with Crippen LogP contribution in [-0.2, 0) is 14.3 Å². The number of amides is 2. The summed E-state index contributed by atoms with van der Waals surface area (Å²) in [6, 6.07) is 0. The van der Waals surface area contributed by atoms with Crippen LogP contribution in [0.5, 0.6) is 0 Å². The molecule has 1 rings (SSSR count).